The summed E-state index contributed by atoms with van der Waals surface area (Å²) in [5.74, 6) is 0.286. The molecule has 25 heavy (non-hydrogen) atoms. The lowest BCUT2D eigenvalue weighted by Gasteiger charge is -2.13. The number of hydrogen-bond donors (Lipinski definition) is 2. The van der Waals surface area contributed by atoms with Gasteiger partial charge < -0.3 is 15.4 Å². The Bertz CT molecular complexity index is 690. The highest BCUT2D eigenvalue weighted by molar-refractivity contribution is 14.0. The Balaban J connectivity index is 0.00000312. The van der Waals surface area contributed by atoms with E-state index in [1.54, 1.807) is 14.2 Å². The molecule has 0 saturated carbocycles. The van der Waals surface area contributed by atoms with Crippen LogP contribution in [0.15, 0.2) is 47.5 Å². The van der Waals surface area contributed by atoms with Crippen molar-refractivity contribution >= 4 is 29.9 Å². The highest BCUT2D eigenvalue weighted by atomic mass is 127. The van der Waals surface area contributed by atoms with Gasteiger partial charge in [-0.2, -0.15) is 0 Å². The summed E-state index contributed by atoms with van der Waals surface area (Å²) in [7, 11) is 3.26. The van der Waals surface area contributed by atoms with Crippen LogP contribution in [0.25, 0.3) is 0 Å². The molecule has 2 aromatic carbocycles. The molecule has 0 bridgehead atoms. The molecule has 2 N–H and O–H groups in total. The number of aliphatic imine (C=N–C) groups is 1. The Morgan fingerprint density at radius 1 is 1.08 bits per heavy atom. The minimum Gasteiger partial charge on any atom is -0.497 e. The van der Waals surface area contributed by atoms with E-state index < -0.39 is 11.6 Å². The highest BCUT2D eigenvalue weighted by Gasteiger charge is 2.08. The summed E-state index contributed by atoms with van der Waals surface area (Å²) >= 11 is 0. The lowest BCUT2D eigenvalue weighted by atomic mass is 10.1. The summed E-state index contributed by atoms with van der Waals surface area (Å²) in [6.45, 7) is 0.931. The Morgan fingerprint density at radius 3 is 2.40 bits per heavy atom. The smallest absolute Gasteiger partial charge is 0.191 e. The van der Waals surface area contributed by atoms with E-state index in [1.165, 1.54) is 18.2 Å². The molecule has 0 aliphatic carbocycles. The zero-order valence-corrected chi connectivity index (χ0v) is 16.5. The molecule has 0 aliphatic heterocycles. The summed E-state index contributed by atoms with van der Waals surface area (Å²) in [5.41, 5.74) is 1.12. The van der Waals surface area contributed by atoms with Crippen LogP contribution in [-0.4, -0.2) is 26.7 Å². The first kappa shape index (κ1) is 21.1. The molecule has 0 amide bonds. The van der Waals surface area contributed by atoms with Crippen LogP contribution in [0.3, 0.4) is 0 Å². The number of hydrogen-bond acceptors (Lipinski definition) is 2. The standard InChI is InChI=1S/C18H21F2N3O.HI/c1-21-18(23-12-13-5-3-6-14(11-13)24-2)22-10-9-15-16(19)7-4-8-17(15)20;/h3-8,11H,9-10,12H2,1-2H3,(H2,21,22,23);1H. The van der Waals surface area contributed by atoms with Gasteiger partial charge in [0.2, 0.25) is 0 Å². The molecule has 0 spiro atoms. The van der Waals surface area contributed by atoms with Gasteiger partial charge in [0.15, 0.2) is 5.96 Å². The second kappa shape index (κ2) is 10.9. The van der Waals surface area contributed by atoms with Crippen molar-refractivity contribution in [1.29, 1.82) is 0 Å². The van der Waals surface area contributed by atoms with Gasteiger partial charge in [-0.1, -0.05) is 18.2 Å². The van der Waals surface area contributed by atoms with Crippen LogP contribution >= 0.6 is 24.0 Å². The molecule has 0 aliphatic rings. The predicted molar refractivity (Wildman–Crippen MR) is 107 cm³/mol. The second-order valence-electron chi connectivity index (χ2n) is 5.15. The molecule has 0 saturated heterocycles. The highest BCUT2D eigenvalue weighted by Crippen LogP contribution is 2.13. The molecule has 0 heterocycles. The van der Waals surface area contributed by atoms with E-state index in [-0.39, 0.29) is 36.0 Å². The van der Waals surface area contributed by atoms with Crippen LogP contribution < -0.4 is 15.4 Å². The SMILES string of the molecule is CN=C(NCCc1c(F)cccc1F)NCc1cccc(OC)c1.I. The van der Waals surface area contributed by atoms with Crippen LogP contribution in [0.1, 0.15) is 11.1 Å². The average Bonchev–Trinajstić information content (AvgIpc) is 2.60. The van der Waals surface area contributed by atoms with Crippen molar-refractivity contribution < 1.29 is 13.5 Å². The van der Waals surface area contributed by atoms with E-state index in [9.17, 15) is 8.78 Å². The molecule has 4 nitrogen and oxygen atoms in total. The Labute approximate surface area is 163 Å². The lowest BCUT2D eigenvalue weighted by molar-refractivity contribution is 0.414. The summed E-state index contributed by atoms with van der Waals surface area (Å²) in [4.78, 5) is 4.10. The van der Waals surface area contributed by atoms with Gasteiger partial charge in [0, 0.05) is 25.7 Å². The van der Waals surface area contributed by atoms with Crippen molar-refractivity contribution in [3.63, 3.8) is 0 Å². The van der Waals surface area contributed by atoms with Gasteiger partial charge in [0.25, 0.3) is 0 Å². The van der Waals surface area contributed by atoms with Crippen molar-refractivity contribution in [2.24, 2.45) is 4.99 Å². The van der Waals surface area contributed by atoms with E-state index in [2.05, 4.69) is 15.6 Å². The molecule has 2 rings (SSSR count). The molecular formula is C18H22F2IN3O. The van der Waals surface area contributed by atoms with E-state index in [0.717, 1.165) is 11.3 Å². The molecule has 0 fully saturated rings. The fraction of sp³-hybridized carbons (Fsp3) is 0.278. The fourth-order valence-corrected chi connectivity index (χ4v) is 2.27. The quantitative estimate of drug-likeness (QED) is 0.394. The zero-order valence-electron chi connectivity index (χ0n) is 14.2. The van der Waals surface area contributed by atoms with Gasteiger partial charge in [-0.25, -0.2) is 8.78 Å². The van der Waals surface area contributed by atoms with Crippen LogP contribution in [-0.2, 0) is 13.0 Å². The maximum atomic E-state index is 13.6. The molecule has 0 radical (unpaired) electrons. The third-order valence-electron chi connectivity index (χ3n) is 3.55. The molecule has 136 valence electrons. The van der Waals surface area contributed by atoms with E-state index in [0.29, 0.717) is 19.0 Å². The van der Waals surface area contributed by atoms with Crippen molar-refractivity contribution in [2.75, 3.05) is 20.7 Å². The minimum absolute atomic E-state index is 0. The Morgan fingerprint density at radius 2 is 1.76 bits per heavy atom. The van der Waals surface area contributed by atoms with Crippen LogP contribution in [0.4, 0.5) is 8.78 Å². The third kappa shape index (κ3) is 6.49. The zero-order chi connectivity index (χ0) is 17.4. The van der Waals surface area contributed by atoms with Gasteiger partial charge in [-0.3, -0.25) is 4.99 Å². The van der Waals surface area contributed by atoms with Crippen molar-refractivity contribution in [2.45, 2.75) is 13.0 Å². The third-order valence-corrected chi connectivity index (χ3v) is 3.55. The first-order valence-corrected chi connectivity index (χ1v) is 7.64. The van der Waals surface area contributed by atoms with Crippen LogP contribution in [0.5, 0.6) is 5.75 Å². The largest absolute Gasteiger partial charge is 0.497 e. The number of methoxy groups -OCH3 is 1. The number of nitrogens with zero attached hydrogens (tertiary/aromatic N) is 1. The fourth-order valence-electron chi connectivity index (χ4n) is 2.27. The normalized spacial score (nSPS) is 10.8. The summed E-state index contributed by atoms with van der Waals surface area (Å²) < 4.78 is 32.3. The van der Waals surface area contributed by atoms with Gasteiger partial charge in [0.05, 0.1) is 7.11 Å². The van der Waals surface area contributed by atoms with Crippen molar-refractivity contribution in [3.8, 4) is 5.75 Å². The number of halogens is 3. The Kier molecular flexibility index (Phi) is 9.18. The number of rotatable bonds is 6. The van der Waals surface area contributed by atoms with Gasteiger partial charge in [-0.15, -0.1) is 24.0 Å². The first-order chi connectivity index (χ1) is 11.6. The number of nitrogens with one attached hydrogen (secondary N) is 2. The van der Waals surface area contributed by atoms with Crippen molar-refractivity contribution in [3.05, 3.63) is 65.2 Å². The number of guanidine groups is 1. The number of ether oxygens (including phenoxy) is 1. The average molecular weight is 461 g/mol. The van der Waals surface area contributed by atoms with Crippen LogP contribution in [0.2, 0.25) is 0 Å². The summed E-state index contributed by atoms with van der Waals surface area (Å²) in [5, 5.41) is 6.19. The minimum atomic E-state index is -0.531. The topological polar surface area (TPSA) is 45.7 Å². The van der Waals surface area contributed by atoms with Gasteiger partial charge >= 0.3 is 0 Å². The summed E-state index contributed by atoms with van der Waals surface area (Å²) in [6, 6.07) is 11.6. The first-order valence-electron chi connectivity index (χ1n) is 7.64. The molecule has 7 heteroatoms. The maximum Gasteiger partial charge on any atom is 0.191 e. The Hall–Kier alpha value is -1.90. The van der Waals surface area contributed by atoms with E-state index in [1.807, 2.05) is 24.3 Å². The monoisotopic (exact) mass is 461 g/mol. The molecule has 0 unspecified atom stereocenters. The van der Waals surface area contributed by atoms with Gasteiger partial charge in [0.1, 0.15) is 17.4 Å². The molecule has 2 aromatic rings. The summed E-state index contributed by atoms with van der Waals surface area (Å²) in [6.07, 6.45) is 0.234. The predicted octanol–water partition coefficient (Wildman–Crippen LogP) is 3.50. The maximum absolute atomic E-state index is 13.6. The van der Waals surface area contributed by atoms with E-state index >= 15 is 0 Å². The van der Waals surface area contributed by atoms with Crippen LogP contribution in [0, 0.1) is 11.6 Å². The number of benzene rings is 2. The van der Waals surface area contributed by atoms with E-state index in [4.69, 9.17) is 4.74 Å². The molecule has 0 aromatic heterocycles. The second-order valence-corrected chi connectivity index (χ2v) is 5.15. The molecule has 0 atom stereocenters. The molecular weight excluding hydrogens is 439 g/mol. The van der Waals surface area contributed by atoms with Crippen molar-refractivity contribution in [1.82, 2.24) is 10.6 Å². The van der Waals surface area contributed by atoms with Gasteiger partial charge in [-0.05, 0) is 36.2 Å². The lowest BCUT2D eigenvalue weighted by Crippen LogP contribution is -2.38.